The first-order valence-corrected chi connectivity index (χ1v) is 3.43. The molecular weight excluding hydrogens is 124 g/mol. The zero-order valence-corrected chi connectivity index (χ0v) is 7.47. The fourth-order valence-corrected chi connectivity index (χ4v) is 0.588. The van der Waals surface area contributed by atoms with Crippen LogP contribution in [0.5, 0.6) is 0 Å². The van der Waals surface area contributed by atoms with Gasteiger partial charge in [0.25, 0.3) is 0 Å². The molecule has 0 saturated carbocycles. The number of allylic oxidation sites excluding steroid dienone is 2. The van der Waals surface area contributed by atoms with Gasteiger partial charge in [0.05, 0.1) is 5.71 Å². The number of hydrogen-bond acceptors (Lipinski definition) is 2. The quantitative estimate of drug-likeness (QED) is 0.422. The van der Waals surface area contributed by atoms with Crippen LogP contribution >= 0.6 is 0 Å². The minimum Gasteiger partial charge on any atom is -0.303 e. The minimum atomic E-state index is 1.08. The third-order valence-corrected chi connectivity index (χ3v) is 1.35. The molecule has 2 heteroatoms. The number of rotatable bonds is 2. The van der Waals surface area contributed by atoms with Crippen molar-refractivity contribution in [3.8, 4) is 0 Å². The molecule has 0 rings (SSSR count). The van der Waals surface area contributed by atoms with Crippen molar-refractivity contribution < 1.29 is 0 Å². The van der Waals surface area contributed by atoms with Gasteiger partial charge in [-0.1, -0.05) is 6.08 Å². The summed E-state index contributed by atoms with van der Waals surface area (Å²) in [5, 5.41) is 6.04. The molecule has 0 bridgehead atoms. The Balaban J connectivity index is 4.20. The Kier molecular flexibility index (Phi) is 3.77. The van der Waals surface area contributed by atoms with Gasteiger partial charge < -0.3 is 5.01 Å². The molecule has 0 aromatic carbocycles. The highest BCUT2D eigenvalue weighted by Crippen LogP contribution is 1.96. The molecule has 2 nitrogen and oxygen atoms in total. The van der Waals surface area contributed by atoms with Crippen LogP contribution in [0.2, 0.25) is 0 Å². The lowest BCUT2D eigenvalue weighted by Gasteiger charge is -2.06. The van der Waals surface area contributed by atoms with Crippen LogP contribution in [0.25, 0.3) is 0 Å². The molecule has 0 aliphatic heterocycles. The zero-order valence-electron chi connectivity index (χ0n) is 7.47. The van der Waals surface area contributed by atoms with E-state index in [1.807, 2.05) is 33.0 Å². The molecule has 0 spiro atoms. The molecule has 0 unspecified atom stereocenters. The lowest BCUT2D eigenvalue weighted by atomic mass is 10.2. The van der Waals surface area contributed by atoms with Gasteiger partial charge in [0.1, 0.15) is 0 Å². The summed E-state index contributed by atoms with van der Waals surface area (Å²) in [6.07, 6.45) is 2.06. The average molecular weight is 140 g/mol. The normalized spacial score (nSPS) is 13.7. The lowest BCUT2D eigenvalue weighted by Crippen LogP contribution is -2.06. The van der Waals surface area contributed by atoms with E-state index in [0.717, 1.165) is 5.71 Å². The second kappa shape index (κ2) is 4.09. The van der Waals surface area contributed by atoms with Crippen molar-refractivity contribution in [3.05, 3.63) is 11.6 Å². The predicted octanol–water partition coefficient (Wildman–Crippen LogP) is 1.89. The van der Waals surface area contributed by atoms with E-state index in [1.54, 1.807) is 0 Å². The van der Waals surface area contributed by atoms with Crippen LogP contribution in [0.4, 0.5) is 0 Å². The molecule has 0 aromatic heterocycles. The highest BCUT2D eigenvalue weighted by molar-refractivity contribution is 5.97. The standard InChI is InChI=1S/C8H16N2/c1-6-7(2)8(3)9-10(4)5/h6H,1-5H3/b7-6+,9-8-. The van der Waals surface area contributed by atoms with Gasteiger partial charge in [-0.15, -0.1) is 0 Å². The summed E-state index contributed by atoms with van der Waals surface area (Å²) in [4.78, 5) is 0. The molecule has 0 radical (unpaired) electrons. The molecule has 0 atom stereocenters. The summed E-state index contributed by atoms with van der Waals surface area (Å²) in [5.41, 5.74) is 2.31. The number of hydrazone groups is 1. The van der Waals surface area contributed by atoms with Gasteiger partial charge in [-0.25, -0.2) is 0 Å². The molecule has 0 aliphatic carbocycles. The fourth-order valence-electron chi connectivity index (χ4n) is 0.588. The van der Waals surface area contributed by atoms with Gasteiger partial charge in [0.15, 0.2) is 0 Å². The van der Waals surface area contributed by atoms with Crippen molar-refractivity contribution in [2.45, 2.75) is 20.8 Å². The van der Waals surface area contributed by atoms with Crippen molar-refractivity contribution in [1.82, 2.24) is 5.01 Å². The molecule has 0 heterocycles. The third-order valence-electron chi connectivity index (χ3n) is 1.35. The molecule has 0 aliphatic rings. The molecule has 0 saturated heterocycles. The maximum atomic E-state index is 4.23. The van der Waals surface area contributed by atoms with Gasteiger partial charge in [-0.2, -0.15) is 5.10 Å². The number of hydrogen-bond donors (Lipinski definition) is 0. The second-order valence-corrected chi connectivity index (χ2v) is 2.50. The van der Waals surface area contributed by atoms with Gasteiger partial charge in [-0.3, -0.25) is 0 Å². The van der Waals surface area contributed by atoms with Crippen molar-refractivity contribution in [2.75, 3.05) is 14.1 Å². The van der Waals surface area contributed by atoms with Gasteiger partial charge in [0.2, 0.25) is 0 Å². The Morgan fingerprint density at radius 3 is 2.10 bits per heavy atom. The van der Waals surface area contributed by atoms with Crippen LogP contribution in [0.1, 0.15) is 20.8 Å². The molecule has 0 fully saturated rings. The fraction of sp³-hybridized carbons (Fsp3) is 0.625. The molecule has 0 N–H and O–H groups in total. The Hall–Kier alpha value is -0.790. The minimum absolute atomic E-state index is 1.08. The Morgan fingerprint density at radius 2 is 1.80 bits per heavy atom. The van der Waals surface area contributed by atoms with E-state index < -0.39 is 0 Å². The first-order valence-electron chi connectivity index (χ1n) is 3.43. The highest BCUT2D eigenvalue weighted by atomic mass is 15.4. The van der Waals surface area contributed by atoms with E-state index in [0.29, 0.717) is 0 Å². The molecule has 58 valence electrons. The summed E-state index contributed by atoms with van der Waals surface area (Å²) in [6.45, 7) is 6.08. The van der Waals surface area contributed by atoms with E-state index in [9.17, 15) is 0 Å². The monoisotopic (exact) mass is 140 g/mol. The van der Waals surface area contributed by atoms with Crippen LogP contribution in [0.15, 0.2) is 16.8 Å². The van der Waals surface area contributed by atoms with Crippen LogP contribution in [-0.4, -0.2) is 24.8 Å². The van der Waals surface area contributed by atoms with E-state index in [-0.39, 0.29) is 0 Å². The lowest BCUT2D eigenvalue weighted by molar-refractivity contribution is 0.437. The van der Waals surface area contributed by atoms with E-state index in [4.69, 9.17) is 0 Å². The Bertz CT molecular complexity index is 155. The van der Waals surface area contributed by atoms with Crippen LogP contribution in [0.3, 0.4) is 0 Å². The summed E-state index contributed by atoms with van der Waals surface area (Å²) < 4.78 is 0. The van der Waals surface area contributed by atoms with E-state index in [2.05, 4.69) is 18.1 Å². The van der Waals surface area contributed by atoms with E-state index in [1.165, 1.54) is 5.57 Å². The Morgan fingerprint density at radius 1 is 1.30 bits per heavy atom. The summed E-state index contributed by atoms with van der Waals surface area (Å²) in [6, 6.07) is 0. The summed E-state index contributed by atoms with van der Waals surface area (Å²) in [5.74, 6) is 0. The molecule has 10 heavy (non-hydrogen) atoms. The van der Waals surface area contributed by atoms with Gasteiger partial charge in [0, 0.05) is 14.1 Å². The molecular formula is C8H16N2. The highest BCUT2D eigenvalue weighted by Gasteiger charge is 1.91. The van der Waals surface area contributed by atoms with Gasteiger partial charge in [-0.05, 0) is 26.3 Å². The van der Waals surface area contributed by atoms with Crippen LogP contribution < -0.4 is 0 Å². The maximum Gasteiger partial charge on any atom is 0.0600 e. The first-order chi connectivity index (χ1) is 4.57. The molecule has 0 aromatic rings. The smallest absolute Gasteiger partial charge is 0.0600 e. The first kappa shape index (κ1) is 9.21. The van der Waals surface area contributed by atoms with Gasteiger partial charge >= 0.3 is 0 Å². The van der Waals surface area contributed by atoms with Crippen LogP contribution in [0, 0.1) is 0 Å². The second-order valence-electron chi connectivity index (χ2n) is 2.50. The number of nitrogens with zero attached hydrogens (tertiary/aromatic N) is 2. The third kappa shape index (κ3) is 3.28. The van der Waals surface area contributed by atoms with Crippen molar-refractivity contribution in [3.63, 3.8) is 0 Å². The van der Waals surface area contributed by atoms with Crippen molar-refractivity contribution >= 4 is 5.71 Å². The maximum absolute atomic E-state index is 4.23. The van der Waals surface area contributed by atoms with E-state index >= 15 is 0 Å². The topological polar surface area (TPSA) is 15.6 Å². The zero-order chi connectivity index (χ0) is 8.15. The average Bonchev–Trinajstić information content (AvgIpc) is 1.85. The SMILES string of the molecule is C/C=C(C)/C(C)=N\N(C)C. The van der Waals surface area contributed by atoms with Crippen LogP contribution in [-0.2, 0) is 0 Å². The summed E-state index contributed by atoms with van der Waals surface area (Å²) >= 11 is 0. The van der Waals surface area contributed by atoms with Crippen molar-refractivity contribution in [2.24, 2.45) is 5.10 Å². The Labute approximate surface area is 63.2 Å². The van der Waals surface area contributed by atoms with Crippen molar-refractivity contribution in [1.29, 1.82) is 0 Å². The predicted molar refractivity (Wildman–Crippen MR) is 46.2 cm³/mol. The largest absolute Gasteiger partial charge is 0.303 e. The summed E-state index contributed by atoms with van der Waals surface area (Å²) in [7, 11) is 3.85. The molecule has 0 amide bonds.